The lowest BCUT2D eigenvalue weighted by atomic mass is 10.0. The highest BCUT2D eigenvalue weighted by Gasteiger charge is 2.26. The second kappa shape index (κ2) is 8.29. The number of rotatable bonds is 5. The van der Waals surface area contributed by atoms with Gasteiger partial charge in [0.15, 0.2) is 16.9 Å². The molecule has 2 aromatic carbocycles. The number of hydrogen-bond acceptors (Lipinski definition) is 5. The molecule has 1 aromatic heterocycles. The van der Waals surface area contributed by atoms with Crippen molar-refractivity contribution in [1.82, 2.24) is 4.98 Å². The van der Waals surface area contributed by atoms with Gasteiger partial charge in [-0.1, -0.05) is 12.1 Å². The molecule has 0 aliphatic carbocycles. The molecule has 166 valence electrons. The SMILES string of the molecule is Cc1[nH]c2c(C(=O)[O-])cccc2c(=O)c1C[NH+]1CC[NH+](Cc2ccc3c(c2)OCO3)CC1. The van der Waals surface area contributed by atoms with Gasteiger partial charge in [-0.15, -0.1) is 0 Å². The summed E-state index contributed by atoms with van der Waals surface area (Å²) >= 11 is 0. The monoisotopic (exact) mass is 436 g/mol. The fourth-order valence-corrected chi connectivity index (χ4v) is 4.76. The maximum absolute atomic E-state index is 13.1. The third-order valence-corrected chi connectivity index (χ3v) is 6.55. The van der Waals surface area contributed by atoms with E-state index in [1.165, 1.54) is 21.4 Å². The molecule has 0 bridgehead atoms. The van der Waals surface area contributed by atoms with Crippen molar-refractivity contribution >= 4 is 16.9 Å². The van der Waals surface area contributed by atoms with Gasteiger partial charge in [-0.05, 0) is 31.2 Å². The van der Waals surface area contributed by atoms with E-state index in [1.54, 1.807) is 12.1 Å². The fraction of sp³-hybridized carbons (Fsp3) is 0.333. The van der Waals surface area contributed by atoms with E-state index in [4.69, 9.17) is 9.47 Å². The highest BCUT2D eigenvalue weighted by Crippen LogP contribution is 2.32. The summed E-state index contributed by atoms with van der Waals surface area (Å²) < 4.78 is 10.9. The lowest BCUT2D eigenvalue weighted by molar-refractivity contribution is -1.02. The molecule has 1 fully saturated rings. The van der Waals surface area contributed by atoms with Gasteiger partial charge in [-0.25, -0.2) is 0 Å². The van der Waals surface area contributed by atoms with Crippen LogP contribution in [0.2, 0.25) is 0 Å². The summed E-state index contributed by atoms with van der Waals surface area (Å²) in [6, 6.07) is 10.9. The van der Waals surface area contributed by atoms with Crippen LogP contribution in [-0.2, 0) is 13.1 Å². The molecule has 8 heteroatoms. The Morgan fingerprint density at radius 3 is 2.50 bits per heavy atom. The Labute approximate surface area is 185 Å². The first-order chi connectivity index (χ1) is 15.5. The van der Waals surface area contributed by atoms with Crippen molar-refractivity contribution in [2.75, 3.05) is 33.0 Å². The minimum atomic E-state index is -1.29. The van der Waals surface area contributed by atoms with Crippen LogP contribution in [0.1, 0.15) is 27.2 Å². The summed E-state index contributed by atoms with van der Waals surface area (Å²) in [4.78, 5) is 30.5. The smallest absolute Gasteiger partial charge is 0.231 e. The second-order valence-electron chi connectivity index (χ2n) is 8.61. The molecule has 5 rings (SSSR count). The van der Waals surface area contributed by atoms with Gasteiger partial charge in [0.1, 0.15) is 39.3 Å². The minimum absolute atomic E-state index is 0.0160. The van der Waals surface area contributed by atoms with Gasteiger partial charge < -0.3 is 34.2 Å². The van der Waals surface area contributed by atoms with Crippen LogP contribution in [0.15, 0.2) is 41.2 Å². The van der Waals surface area contributed by atoms with Crippen LogP contribution >= 0.6 is 0 Å². The quantitative estimate of drug-likeness (QED) is 0.448. The first-order valence-corrected chi connectivity index (χ1v) is 10.9. The number of nitrogens with one attached hydrogen (secondary N) is 3. The highest BCUT2D eigenvalue weighted by molar-refractivity contribution is 6.00. The Bertz CT molecular complexity index is 1240. The van der Waals surface area contributed by atoms with E-state index in [1.807, 2.05) is 13.0 Å². The minimum Gasteiger partial charge on any atom is -0.545 e. The normalized spacial score (nSPS) is 19.9. The summed E-state index contributed by atoms with van der Waals surface area (Å²) in [5.74, 6) is 0.338. The number of quaternary nitrogens is 2. The number of para-hydroxylation sites is 1. The molecule has 3 N–H and O–H groups in total. The number of H-pyrrole nitrogens is 1. The molecule has 3 heterocycles. The highest BCUT2D eigenvalue weighted by atomic mass is 16.7. The number of fused-ring (bicyclic) bond motifs is 2. The third-order valence-electron chi connectivity index (χ3n) is 6.55. The maximum atomic E-state index is 13.1. The first kappa shape index (κ1) is 20.5. The van der Waals surface area contributed by atoms with Crippen LogP contribution < -0.4 is 29.8 Å². The summed E-state index contributed by atoms with van der Waals surface area (Å²) in [5.41, 5.74) is 2.94. The number of aromatic amines is 1. The number of pyridine rings is 1. The number of hydrogen-bond donors (Lipinski definition) is 3. The Morgan fingerprint density at radius 1 is 1.03 bits per heavy atom. The molecule has 1 saturated heterocycles. The number of carboxylic acids is 1. The number of aromatic nitrogens is 1. The zero-order chi connectivity index (χ0) is 22.2. The zero-order valence-electron chi connectivity index (χ0n) is 18.0. The summed E-state index contributed by atoms with van der Waals surface area (Å²) in [5, 5.41) is 11.8. The van der Waals surface area contributed by atoms with Gasteiger partial charge in [0.05, 0.1) is 17.0 Å². The predicted octanol–water partition coefficient (Wildman–Crippen LogP) is -1.59. The lowest BCUT2D eigenvalue weighted by Crippen LogP contribution is -3.27. The number of piperazine rings is 1. The van der Waals surface area contributed by atoms with E-state index < -0.39 is 5.97 Å². The molecular formula is C24H26N3O5+. The predicted molar refractivity (Wildman–Crippen MR) is 115 cm³/mol. The molecule has 0 saturated carbocycles. The standard InChI is InChI=1S/C24H25N3O5/c1-15-19(23(28)17-3-2-4-18(24(29)30)22(17)25-15)13-27-9-7-26(8-10-27)12-16-5-6-20-21(11-16)32-14-31-20/h2-6,11H,7-10,12-14H2,1H3,(H,25,28)(H,29,30)/p+1. The number of aromatic carboxylic acids is 1. The van der Waals surface area contributed by atoms with E-state index in [9.17, 15) is 14.7 Å². The van der Waals surface area contributed by atoms with Gasteiger partial charge >= 0.3 is 0 Å². The average molecular weight is 436 g/mol. The zero-order valence-corrected chi connectivity index (χ0v) is 18.0. The van der Waals surface area contributed by atoms with Crippen molar-refractivity contribution in [2.24, 2.45) is 0 Å². The van der Waals surface area contributed by atoms with Crippen molar-refractivity contribution in [1.29, 1.82) is 0 Å². The van der Waals surface area contributed by atoms with Crippen molar-refractivity contribution in [2.45, 2.75) is 20.0 Å². The number of ether oxygens (including phenoxy) is 2. The number of carbonyl (C=O) groups is 1. The summed E-state index contributed by atoms with van der Waals surface area (Å²) in [6.45, 7) is 7.66. The molecule has 32 heavy (non-hydrogen) atoms. The van der Waals surface area contributed by atoms with Crippen LogP contribution in [-0.4, -0.2) is 43.9 Å². The molecule has 3 aromatic rings. The van der Waals surface area contributed by atoms with E-state index in [0.717, 1.165) is 55.5 Å². The third kappa shape index (κ3) is 3.83. The van der Waals surface area contributed by atoms with Gasteiger partial charge in [-0.3, -0.25) is 4.79 Å². The Hall–Kier alpha value is -3.36. The van der Waals surface area contributed by atoms with Gasteiger partial charge in [0.2, 0.25) is 6.79 Å². The van der Waals surface area contributed by atoms with Crippen molar-refractivity contribution in [3.63, 3.8) is 0 Å². The number of benzene rings is 2. The Morgan fingerprint density at radius 2 is 1.75 bits per heavy atom. The Balaban J connectivity index is 1.27. The van der Waals surface area contributed by atoms with E-state index in [2.05, 4.69) is 17.1 Å². The van der Waals surface area contributed by atoms with Crippen LogP contribution in [0.3, 0.4) is 0 Å². The van der Waals surface area contributed by atoms with Crippen molar-refractivity contribution in [3.05, 3.63) is 69.0 Å². The molecule has 0 unspecified atom stereocenters. The summed E-state index contributed by atoms with van der Waals surface area (Å²) in [6.07, 6.45) is 0. The van der Waals surface area contributed by atoms with E-state index in [-0.39, 0.29) is 17.8 Å². The number of carbonyl (C=O) groups excluding carboxylic acids is 1. The summed E-state index contributed by atoms with van der Waals surface area (Å²) in [7, 11) is 0. The van der Waals surface area contributed by atoms with Gasteiger partial charge in [0, 0.05) is 22.2 Å². The van der Waals surface area contributed by atoms with Crippen LogP contribution in [0.4, 0.5) is 0 Å². The average Bonchev–Trinajstić information content (AvgIpc) is 3.25. The molecule has 0 spiro atoms. The molecular weight excluding hydrogens is 410 g/mol. The van der Waals surface area contributed by atoms with Crippen molar-refractivity contribution < 1.29 is 29.2 Å². The molecule has 2 aliphatic heterocycles. The molecule has 8 nitrogen and oxygen atoms in total. The first-order valence-electron chi connectivity index (χ1n) is 10.9. The molecule has 0 amide bonds. The Kier molecular flexibility index (Phi) is 5.32. The van der Waals surface area contributed by atoms with Gasteiger partial charge in [-0.2, -0.15) is 0 Å². The van der Waals surface area contributed by atoms with E-state index >= 15 is 0 Å². The van der Waals surface area contributed by atoms with Gasteiger partial charge in [0.25, 0.3) is 0 Å². The number of aryl methyl sites for hydroxylation is 1. The molecule has 0 atom stereocenters. The van der Waals surface area contributed by atoms with Crippen LogP contribution in [0.25, 0.3) is 10.9 Å². The molecule has 2 aliphatic rings. The maximum Gasteiger partial charge on any atom is 0.231 e. The largest absolute Gasteiger partial charge is 0.545 e. The topological polar surface area (TPSA) is 100 Å². The molecule has 0 radical (unpaired) electrons. The van der Waals surface area contributed by atoms with Crippen LogP contribution in [0, 0.1) is 6.92 Å². The van der Waals surface area contributed by atoms with Crippen molar-refractivity contribution in [3.8, 4) is 11.5 Å². The van der Waals surface area contributed by atoms with E-state index in [0.29, 0.717) is 17.4 Å². The van der Waals surface area contributed by atoms with Crippen LogP contribution in [0.5, 0.6) is 11.5 Å². The number of carboxylic acid groups (broad SMARTS) is 1. The lowest BCUT2D eigenvalue weighted by Gasteiger charge is -2.30. The second-order valence-corrected chi connectivity index (χ2v) is 8.61. The fourth-order valence-electron chi connectivity index (χ4n) is 4.76.